The van der Waals surface area contributed by atoms with Crippen molar-refractivity contribution < 1.29 is 5.11 Å². The van der Waals surface area contributed by atoms with Crippen molar-refractivity contribution in [1.29, 1.82) is 0 Å². The molecule has 1 aromatic heterocycles. The van der Waals surface area contributed by atoms with Gasteiger partial charge in [-0.2, -0.15) is 0 Å². The summed E-state index contributed by atoms with van der Waals surface area (Å²) >= 11 is 0. The highest BCUT2D eigenvalue weighted by atomic mass is 16.3. The molecule has 2 aromatic rings. The molecule has 0 amide bonds. The predicted molar refractivity (Wildman–Crippen MR) is 79.1 cm³/mol. The monoisotopic (exact) mass is 261 g/mol. The van der Waals surface area contributed by atoms with Crippen LogP contribution in [0.4, 0.5) is 5.69 Å². The highest BCUT2D eigenvalue weighted by Crippen LogP contribution is 2.25. The second-order valence-electron chi connectivity index (χ2n) is 5.60. The summed E-state index contributed by atoms with van der Waals surface area (Å²) in [4.78, 5) is 4.71. The number of nitrogen functional groups attached to an aromatic ring is 1. The average molecular weight is 261 g/mol. The molecule has 2 rings (SSSR count). The minimum absolute atomic E-state index is 0.234. The predicted octanol–water partition coefficient (Wildman–Crippen LogP) is 2.76. The quantitative estimate of drug-likeness (QED) is 0.813. The molecule has 0 aliphatic heterocycles. The number of fused-ring (bicyclic) bond motifs is 1. The lowest BCUT2D eigenvalue weighted by Crippen LogP contribution is -2.12. The summed E-state index contributed by atoms with van der Waals surface area (Å²) in [6.07, 6.45) is 0.812. The average Bonchev–Trinajstić information content (AvgIpc) is 2.67. The number of anilines is 1. The van der Waals surface area contributed by atoms with Crippen LogP contribution in [0.2, 0.25) is 0 Å². The van der Waals surface area contributed by atoms with Gasteiger partial charge >= 0.3 is 0 Å². The van der Waals surface area contributed by atoms with Gasteiger partial charge in [0.2, 0.25) is 0 Å². The molecule has 0 saturated heterocycles. The van der Waals surface area contributed by atoms with Crippen molar-refractivity contribution in [3.05, 3.63) is 24.0 Å². The Labute approximate surface area is 114 Å². The maximum atomic E-state index is 9.05. The highest BCUT2D eigenvalue weighted by molar-refractivity contribution is 5.79. The van der Waals surface area contributed by atoms with Gasteiger partial charge in [0.25, 0.3) is 0 Å². The van der Waals surface area contributed by atoms with Crippen molar-refractivity contribution in [2.75, 3.05) is 12.3 Å². The zero-order valence-electron chi connectivity index (χ0n) is 11.9. The fourth-order valence-corrected chi connectivity index (χ4v) is 2.42. The van der Waals surface area contributed by atoms with E-state index in [1.54, 1.807) is 0 Å². The first kappa shape index (κ1) is 13.9. The van der Waals surface area contributed by atoms with Crippen LogP contribution in [0.15, 0.2) is 18.2 Å². The maximum Gasteiger partial charge on any atom is 0.112 e. The summed E-state index contributed by atoms with van der Waals surface area (Å²) in [5, 5.41) is 9.05. The summed E-state index contributed by atoms with van der Waals surface area (Å²) in [5.74, 6) is 1.89. The van der Waals surface area contributed by atoms with E-state index in [1.165, 1.54) is 0 Å². The second-order valence-corrected chi connectivity index (χ2v) is 5.60. The second kappa shape index (κ2) is 5.61. The number of aliphatic hydroxyl groups is 1. The first-order chi connectivity index (χ1) is 9.02. The molecule has 1 atom stereocenters. The zero-order chi connectivity index (χ0) is 14.0. The molecule has 3 N–H and O–H groups in total. The van der Waals surface area contributed by atoms with Crippen molar-refractivity contribution in [2.45, 2.75) is 39.7 Å². The molecule has 0 aliphatic rings. The van der Waals surface area contributed by atoms with E-state index < -0.39 is 0 Å². The van der Waals surface area contributed by atoms with Gasteiger partial charge in [0.05, 0.1) is 11.0 Å². The lowest BCUT2D eigenvalue weighted by atomic mass is 10.1. The Bertz CT molecular complexity index is 560. The van der Waals surface area contributed by atoms with Crippen molar-refractivity contribution in [1.82, 2.24) is 9.55 Å². The number of hydrogen-bond donors (Lipinski definition) is 2. The first-order valence-electron chi connectivity index (χ1n) is 6.89. The van der Waals surface area contributed by atoms with E-state index in [9.17, 15) is 0 Å². The van der Waals surface area contributed by atoms with E-state index in [4.69, 9.17) is 15.8 Å². The van der Waals surface area contributed by atoms with Crippen LogP contribution in [0.1, 0.15) is 38.9 Å². The van der Waals surface area contributed by atoms with E-state index in [1.807, 2.05) is 18.2 Å². The molecule has 0 radical (unpaired) electrons. The van der Waals surface area contributed by atoms with Gasteiger partial charge in [0.15, 0.2) is 0 Å². The van der Waals surface area contributed by atoms with Gasteiger partial charge in [0.1, 0.15) is 5.82 Å². The molecule has 4 heteroatoms. The molecule has 0 aliphatic carbocycles. The summed E-state index contributed by atoms with van der Waals surface area (Å²) in [5.41, 5.74) is 8.66. The van der Waals surface area contributed by atoms with E-state index in [0.29, 0.717) is 11.8 Å². The molecule has 0 spiro atoms. The number of aromatic nitrogens is 2. The molecule has 0 fully saturated rings. The van der Waals surface area contributed by atoms with Crippen LogP contribution >= 0.6 is 0 Å². The summed E-state index contributed by atoms with van der Waals surface area (Å²) in [6.45, 7) is 7.57. The fourth-order valence-electron chi connectivity index (χ4n) is 2.42. The van der Waals surface area contributed by atoms with Gasteiger partial charge in [-0.1, -0.05) is 20.8 Å². The lowest BCUT2D eigenvalue weighted by Gasteiger charge is -2.16. The number of benzene rings is 1. The molecular weight excluding hydrogens is 238 g/mol. The summed E-state index contributed by atoms with van der Waals surface area (Å²) in [7, 11) is 0. The largest absolute Gasteiger partial charge is 0.399 e. The van der Waals surface area contributed by atoms with Crippen LogP contribution in [-0.4, -0.2) is 21.3 Å². The molecule has 0 saturated carbocycles. The van der Waals surface area contributed by atoms with Gasteiger partial charge < -0.3 is 15.4 Å². The Hall–Kier alpha value is -1.55. The molecule has 1 unspecified atom stereocenters. The SMILES string of the molecule is CC(CCO)Cn1c(C(C)C)nc2cc(N)ccc21. The number of rotatable bonds is 5. The number of nitrogens with two attached hydrogens (primary N) is 1. The van der Waals surface area contributed by atoms with Gasteiger partial charge in [-0.3, -0.25) is 0 Å². The topological polar surface area (TPSA) is 64.1 Å². The molecule has 1 aromatic carbocycles. The zero-order valence-corrected chi connectivity index (χ0v) is 11.9. The van der Waals surface area contributed by atoms with Gasteiger partial charge in [0, 0.05) is 24.8 Å². The van der Waals surface area contributed by atoms with E-state index in [-0.39, 0.29) is 6.61 Å². The van der Waals surface area contributed by atoms with Gasteiger partial charge in [-0.25, -0.2) is 4.98 Å². The molecule has 104 valence electrons. The first-order valence-corrected chi connectivity index (χ1v) is 6.89. The Kier molecular flexibility index (Phi) is 4.10. The van der Waals surface area contributed by atoms with E-state index in [0.717, 1.165) is 35.5 Å². The summed E-state index contributed by atoms with van der Waals surface area (Å²) < 4.78 is 2.26. The highest BCUT2D eigenvalue weighted by Gasteiger charge is 2.15. The molecular formula is C15H23N3O. The minimum atomic E-state index is 0.234. The van der Waals surface area contributed by atoms with Crippen LogP contribution in [0.5, 0.6) is 0 Å². The normalized spacial score (nSPS) is 13.3. The van der Waals surface area contributed by atoms with Gasteiger partial charge in [-0.15, -0.1) is 0 Å². The number of imidazole rings is 1. The standard InChI is InChI=1S/C15H23N3O/c1-10(2)15-17-13-8-12(16)4-5-14(13)18(15)9-11(3)6-7-19/h4-5,8,10-11,19H,6-7,9,16H2,1-3H3. The molecule has 0 bridgehead atoms. The molecule has 1 heterocycles. The van der Waals surface area contributed by atoms with E-state index >= 15 is 0 Å². The smallest absolute Gasteiger partial charge is 0.112 e. The third-order valence-electron chi connectivity index (χ3n) is 3.43. The molecule has 19 heavy (non-hydrogen) atoms. The lowest BCUT2D eigenvalue weighted by molar-refractivity contribution is 0.254. The third kappa shape index (κ3) is 2.89. The van der Waals surface area contributed by atoms with Crippen LogP contribution < -0.4 is 5.73 Å². The van der Waals surface area contributed by atoms with Crippen molar-refractivity contribution in [2.24, 2.45) is 5.92 Å². The van der Waals surface area contributed by atoms with Crippen LogP contribution in [0.25, 0.3) is 11.0 Å². The number of aliphatic hydroxyl groups excluding tert-OH is 1. The van der Waals surface area contributed by atoms with Crippen molar-refractivity contribution >= 4 is 16.7 Å². The third-order valence-corrected chi connectivity index (χ3v) is 3.43. The minimum Gasteiger partial charge on any atom is -0.399 e. The summed E-state index contributed by atoms with van der Waals surface area (Å²) in [6, 6.07) is 5.88. The maximum absolute atomic E-state index is 9.05. The van der Waals surface area contributed by atoms with Crippen LogP contribution in [-0.2, 0) is 6.54 Å². The van der Waals surface area contributed by atoms with Gasteiger partial charge in [-0.05, 0) is 30.5 Å². The van der Waals surface area contributed by atoms with Crippen molar-refractivity contribution in [3.8, 4) is 0 Å². The fraction of sp³-hybridized carbons (Fsp3) is 0.533. The van der Waals surface area contributed by atoms with E-state index in [2.05, 4.69) is 25.3 Å². The Balaban J connectivity index is 2.46. The van der Waals surface area contributed by atoms with Crippen LogP contribution in [0, 0.1) is 5.92 Å². The molecule has 4 nitrogen and oxygen atoms in total. The number of nitrogens with zero attached hydrogens (tertiary/aromatic N) is 2. The van der Waals surface area contributed by atoms with Crippen molar-refractivity contribution in [3.63, 3.8) is 0 Å². The Morgan fingerprint density at radius 1 is 1.32 bits per heavy atom. The Morgan fingerprint density at radius 2 is 2.05 bits per heavy atom. The number of hydrogen-bond acceptors (Lipinski definition) is 3. The van der Waals surface area contributed by atoms with Crippen LogP contribution in [0.3, 0.4) is 0 Å². The Morgan fingerprint density at radius 3 is 2.68 bits per heavy atom.